The van der Waals surface area contributed by atoms with Gasteiger partial charge >= 0.3 is 19.5 Å². The smallest absolute Gasteiger partial charge is 0.507 e. The summed E-state index contributed by atoms with van der Waals surface area (Å²) in [5.74, 6) is 1.92. The molecule has 0 saturated carbocycles. The first-order chi connectivity index (χ1) is 45.3. The normalized spacial score (nSPS) is 12.0. The third-order valence-corrected chi connectivity index (χ3v) is 15.2. The predicted molar refractivity (Wildman–Crippen MR) is 362 cm³/mol. The molecule has 11 aromatic rings. The van der Waals surface area contributed by atoms with Crippen molar-refractivity contribution >= 4 is 138 Å². The van der Waals surface area contributed by atoms with Crippen LogP contribution in [0.25, 0.3) is 100 Å². The minimum atomic E-state index is -4.49. The Kier molecular flexibility index (Phi) is 23.8. The van der Waals surface area contributed by atoms with Crippen LogP contribution in [0.15, 0.2) is 200 Å². The molecular weight excluding hydrogens is 1450 g/mol. The van der Waals surface area contributed by atoms with Crippen molar-refractivity contribution in [3.8, 4) is 51.3 Å². The fourth-order valence-electron chi connectivity index (χ4n) is 8.97. The number of fused-ring (bicyclic) bond motifs is 21. The Morgan fingerprint density at radius 3 is 1.02 bits per heavy atom. The van der Waals surface area contributed by atoms with Crippen LogP contribution in [-0.4, -0.2) is 140 Å². The van der Waals surface area contributed by atoms with Gasteiger partial charge in [0.25, 0.3) is 50.6 Å². The van der Waals surface area contributed by atoms with Crippen molar-refractivity contribution in [2.24, 2.45) is 20.5 Å². The van der Waals surface area contributed by atoms with Gasteiger partial charge in [-0.2, -0.15) is 62.5 Å². The summed E-state index contributed by atoms with van der Waals surface area (Å²) in [5, 5.41) is 29.7. The third-order valence-electron chi connectivity index (χ3n) is 12.7. The number of sulfonamides is 1. The molecule has 8 bridgehead atoms. The molecule has 504 valence electrons. The SMILES string of the molecule is CN=Nc1ccc(N=Nc2ccc(S(=O)(=O)O)cc2)cc1.CS(=O)(=O)O.CS(=O)(=O)O.CS(=O)(=O)O.Cc1c(S(=O)(=O)O)cc2cc(NS(C)(=O)=O)ccc2c1O.[Zn+2].c1ccc2c(c1)-c1nc-2nc2[n-]c(nc3nc(nc4[n-]c(n1)c1ccccc41)-c1ccccc1-3)c1ccccc21. The molecule has 0 radical (unpaired) electrons. The Balaban J connectivity index is 0.000000199. The summed E-state index contributed by atoms with van der Waals surface area (Å²) < 4.78 is 165. The molecule has 0 amide bonds. The van der Waals surface area contributed by atoms with Crippen LogP contribution < -0.4 is 14.7 Å². The van der Waals surface area contributed by atoms with Gasteiger partial charge in [0.15, 0.2) is 0 Å². The van der Waals surface area contributed by atoms with Gasteiger partial charge in [-0.3, -0.25) is 27.5 Å². The summed E-state index contributed by atoms with van der Waals surface area (Å²) in [6, 6.07) is 49.7. The average molecular weight is 1500 g/mol. The minimum Gasteiger partial charge on any atom is -0.507 e. The molecular formula is C60H53N13O18S6Zn. The van der Waals surface area contributed by atoms with Crippen molar-refractivity contribution in [3.05, 3.63) is 175 Å². The van der Waals surface area contributed by atoms with Crippen LogP contribution in [0.5, 0.6) is 5.75 Å². The second-order valence-electron chi connectivity index (χ2n) is 20.5. The summed E-state index contributed by atoms with van der Waals surface area (Å²) in [5.41, 5.74) is 7.84. The van der Waals surface area contributed by atoms with Gasteiger partial charge in [0, 0.05) is 68.5 Å². The zero-order chi connectivity index (χ0) is 71.0. The number of hydrogen-bond donors (Lipinski definition) is 7. The zero-order valence-electron chi connectivity index (χ0n) is 51.8. The Hall–Kier alpha value is -9.70. The molecule has 0 unspecified atom stereocenters. The van der Waals surface area contributed by atoms with E-state index in [0.29, 0.717) is 87.1 Å². The summed E-state index contributed by atoms with van der Waals surface area (Å²) in [4.78, 5) is 38.7. The van der Waals surface area contributed by atoms with Crippen molar-refractivity contribution in [2.45, 2.75) is 16.7 Å². The molecule has 31 nitrogen and oxygen atoms in total. The summed E-state index contributed by atoms with van der Waals surface area (Å²) >= 11 is 0. The number of aromatic hydroxyl groups is 1. The molecule has 0 fully saturated rings. The molecule has 0 aliphatic carbocycles. The van der Waals surface area contributed by atoms with Gasteiger partial charge in [0.05, 0.1) is 70.3 Å². The van der Waals surface area contributed by atoms with Crippen LogP contribution in [0.3, 0.4) is 0 Å². The first-order valence-corrected chi connectivity index (χ1v) is 37.6. The molecule has 0 atom stereocenters. The molecule has 8 aromatic carbocycles. The van der Waals surface area contributed by atoms with Crippen LogP contribution in [0.2, 0.25) is 0 Å². The Morgan fingerprint density at radius 2 is 0.714 bits per heavy atom. The second kappa shape index (κ2) is 30.8. The van der Waals surface area contributed by atoms with Crippen LogP contribution >= 0.6 is 0 Å². The molecule has 38 heteroatoms. The maximum Gasteiger partial charge on any atom is 2.00 e. The average Bonchev–Trinajstić information content (AvgIpc) is 1.44. The number of anilines is 1. The summed E-state index contributed by atoms with van der Waals surface area (Å²) in [6.45, 7) is 1.36. The van der Waals surface area contributed by atoms with E-state index in [1.807, 2.05) is 97.1 Å². The monoisotopic (exact) mass is 1500 g/mol. The van der Waals surface area contributed by atoms with Gasteiger partial charge < -0.3 is 35.0 Å². The van der Waals surface area contributed by atoms with Crippen LogP contribution in [0.1, 0.15) is 5.56 Å². The van der Waals surface area contributed by atoms with Gasteiger partial charge in [-0.25, -0.2) is 18.4 Å². The molecule has 7 N–H and O–H groups in total. The van der Waals surface area contributed by atoms with E-state index in [2.05, 4.69) is 25.2 Å². The number of phenolic OH excluding ortho intramolecular Hbond substituents is 1. The second-order valence-corrected chi connectivity index (χ2v) is 29.4. The van der Waals surface area contributed by atoms with Gasteiger partial charge in [-0.15, -0.1) is 0 Å². The predicted octanol–water partition coefficient (Wildman–Crippen LogP) is 10.2. The van der Waals surface area contributed by atoms with Crippen LogP contribution in [0.4, 0.5) is 22.7 Å². The first-order valence-electron chi connectivity index (χ1n) is 27.2. The standard InChI is InChI=1S/C32H16N8.C13H12N4O3S.C12H13NO6S2.3CH4O3S.Zn/c1-2-10-18-17(9-1)25-33-26(18)38-28-21-13-5-6-14-22(21)30(35-28)40-32-24-16-8-7-15-23(24)31(36-32)39-29-20-12-4-3-11-19(20)27(34-29)37-25;1-14-15-10-2-4-11(5-3-10)16-17-12-6-8-13(9-7-12)21(18,19)20;1-7-11(21(17,18)19)6-8-5-9(13-20(2,15)16)3-4-10(8)12(7)14;3*1-5(2,3)4;/h1-16H;2-9H,1H3,(H,18,19,20);3-6,13-14H,1-2H3,(H,17,18,19);3*1H3,(H,2,3,4);/q-2;;;;;;+2. The number of nitrogens with one attached hydrogen (secondary N) is 1. The zero-order valence-corrected chi connectivity index (χ0v) is 59.6. The van der Waals surface area contributed by atoms with Crippen LogP contribution in [-0.2, 0) is 80.1 Å². The fraction of sp³-hybridized carbons (Fsp3) is 0.100. The number of azo groups is 2. The summed E-state index contributed by atoms with van der Waals surface area (Å²) in [6.07, 6.45) is 3.13. The number of hydrogen-bond acceptors (Lipinski definition) is 23. The van der Waals surface area contributed by atoms with Gasteiger partial charge in [0.2, 0.25) is 10.0 Å². The number of rotatable bonds is 7. The molecule has 2 aliphatic heterocycles. The van der Waals surface area contributed by atoms with Crippen molar-refractivity contribution in [2.75, 3.05) is 36.8 Å². The Morgan fingerprint density at radius 1 is 0.398 bits per heavy atom. The number of aromatic nitrogens is 8. The van der Waals surface area contributed by atoms with E-state index in [4.69, 9.17) is 62.6 Å². The van der Waals surface area contributed by atoms with E-state index < -0.39 is 65.5 Å². The van der Waals surface area contributed by atoms with E-state index in [-0.39, 0.29) is 46.8 Å². The summed E-state index contributed by atoms with van der Waals surface area (Å²) in [7, 11) is -21.6. The van der Waals surface area contributed by atoms with Gasteiger partial charge in [-0.05, 0) is 107 Å². The molecule has 0 spiro atoms. The maximum absolute atomic E-state index is 11.3. The fourth-order valence-corrected chi connectivity index (χ4v) is 10.8. The Bertz CT molecular complexity index is 5420. The third kappa shape index (κ3) is 21.2. The van der Waals surface area contributed by atoms with Gasteiger partial charge in [0.1, 0.15) is 10.6 Å². The first kappa shape index (κ1) is 75.7. The van der Waals surface area contributed by atoms with E-state index >= 15 is 0 Å². The van der Waals surface area contributed by atoms with Crippen molar-refractivity contribution in [1.29, 1.82) is 0 Å². The molecule has 2 aliphatic rings. The number of phenols is 1. The minimum absolute atomic E-state index is 0. The molecule has 98 heavy (non-hydrogen) atoms. The van der Waals surface area contributed by atoms with E-state index in [1.165, 1.54) is 55.5 Å². The van der Waals surface area contributed by atoms with Crippen molar-refractivity contribution in [3.63, 3.8) is 0 Å². The number of benzene rings is 8. The maximum atomic E-state index is 11.3. The van der Waals surface area contributed by atoms with Crippen molar-refractivity contribution in [1.82, 2.24) is 39.9 Å². The number of nitrogens with zero attached hydrogens (tertiary/aromatic N) is 12. The molecule has 13 rings (SSSR count). The topological polar surface area (TPSA) is 493 Å². The largest absolute Gasteiger partial charge is 2.00 e. The Labute approximate surface area is 572 Å². The molecule has 5 heterocycles. The van der Waals surface area contributed by atoms with Crippen LogP contribution in [0, 0.1) is 6.92 Å². The van der Waals surface area contributed by atoms with E-state index in [0.717, 1.165) is 50.1 Å². The quantitative estimate of drug-likeness (QED) is 0.0443. The molecule has 0 saturated heterocycles. The van der Waals surface area contributed by atoms with E-state index in [9.17, 15) is 55.6 Å². The van der Waals surface area contributed by atoms with E-state index in [1.54, 1.807) is 31.3 Å². The van der Waals surface area contributed by atoms with Crippen molar-refractivity contribution < 1.29 is 97.9 Å². The van der Waals surface area contributed by atoms with Gasteiger partial charge in [-0.1, -0.05) is 97.1 Å². The molecule has 3 aromatic heterocycles.